The molecule has 0 saturated carbocycles. The molecular weight excluding hydrogens is 252 g/mol. The predicted octanol–water partition coefficient (Wildman–Crippen LogP) is 0.834. The number of hydrogen-bond acceptors (Lipinski definition) is 4. The van der Waals surface area contributed by atoms with Crippen molar-refractivity contribution in [3.63, 3.8) is 0 Å². The van der Waals surface area contributed by atoms with Crippen LogP contribution in [0.5, 0.6) is 0 Å². The summed E-state index contributed by atoms with van der Waals surface area (Å²) in [5.74, 6) is 0. The molecule has 0 bridgehead atoms. The molecule has 1 aromatic carbocycles. The summed E-state index contributed by atoms with van der Waals surface area (Å²) < 4.78 is 25.8. The highest BCUT2D eigenvalue weighted by molar-refractivity contribution is 7.89. The summed E-state index contributed by atoms with van der Waals surface area (Å²) in [7, 11) is -3.57. The summed E-state index contributed by atoms with van der Waals surface area (Å²) in [6, 6.07) is 4.77. The van der Waals surface area contributed by atoms with Crippen LogP contribution in [0.4, 0.5) is 5.69 Å². The Balaban J connectivity index is 3.15. The Morgan fingerprint density at radius 3 is 2.44 bits per heavy atom. The average molecular weight is 272 g/mol. The Morgan fingerprint density at radius 2 is 2.00 bits per heavy atom. The largest absolute Gasteiger partial charge is 0.398 e. The summed E-state index contributed by atoms with van der Waals surface area (Å²) in [5.41, 5.74) is 7.23. The first kappa shape index (κ1) is 14.9. The average Bonchev–Trinajstić information content (AvgIpc) is 2.35. The van der Waals surface area contributed by atoms with E-state index in [1.165, 1.54) is 10.4 Å². The minimum Gasteiger partial charge on any atom is -0.398 e. The molecule has 5 nitrogen and oxygen atoms in total. The molecule has 0 unspecified atom stereocenters. The molecule has 0 saturated heterocycles. The lowest BCUT2D eigenvalue weighted by Gasteiger charge is -2.19. The lowest BCUT2D eigenvalue weighted by Crippen LogP contribution is -2.33. The third kappa shape index (κ3) is 3.01. The summed E-state index contributed by atoms with van der Waals surface area (Å²) in [6.07, 6.45) is 0.764. The van der Waals surface area contributed by atoms with Crippen LogP contribution in [-0.2, 0) is 16.4 Å². The number of nitrogens with zero attached hydrogens (tertiary/aromatic N) is 1. The summed E-state index contributed by atoms with van der Waals surface area (Å²) >= 11 is 0. The molecule has 1 aromatic rings. The van der Waals surface area contributed by atoms with Crippen LogP contribution in [0.1, 0.15) is 19.4 Å². The summed E-state index contributed by atoms with van der Waals surface area (Å²) in [5, 5.41) is 8.88. The fraction of sp³-hybridized carbons (Fsp3) is 0.500. The molecule has 0 heterocycles. The molecule has 1 rings (SSSR count). The molecule has 6 heteroatoms. The van der Waals surface area contributed by atoms with E-state index < -0.39 is 10.0 Å². The molecule has 18 heavy (non-hydrogen) atoms. The van der Waals surface area contributed by atoms with Gasteiger partial charge in [-0.3, -0.25) is 0 Å². The summed E-state index contributed by atoms with van der Waals surface area (Å²) in [6.45, 7) is 3.91. The second kappa shape index (κ2) is 6.17. The molecule has 0 aliphatic carbocycles. The molecule has 0 aliphatic rings. The van der Waals surface area contributed by atoms with Gasteiger partial charge in [0.1, 0.15) is 0 Å². The first-order valence-corrected chi connectivity index (χ1v) is 7.40. The van der Waals surface area contributed by atoms with Crippen LogP contribution in [0.25, 0.3) is 0 Å². The monoisotopic (exact) mass is 272 g/mol. The van der Waals surface area contributed by atoms with Gasteiger partial charge in [0.2, 0.25) is 10.0 Å². The van der Waals surface area contributed by atoms with Crippen LogP contribution in [0.3, 0.4) is 0 Å². The van der Waals surface area contributed by atoms with Gasteiger partial charge in [-0.15, -0.1) is 0 Å². The molecule has 0 aromatic heterocycles. The first-order valence-electron chi connectivity index (χ1n) is 5.96. The SMILES string of the molecule is CCc1ccc(S(=O)(=O)N(CC)CCO)cc1N. The summed E-state index contributed by atoms with van der Waals surface area (Å²) in [4.78, 5) is 0.174. The highest BCUT2D eigenvalue weighted by atomic mass is 32.2. The number of hydrogen-bond donors (Lipinski definition) is 2. The maximum absolute atomic E-state index is 12.3. The molecule has 3 N–H and O–H groups in total. The second-order valence-corrected chi connectivity index (χ2v) is 5.87. The number of aliphatic hydroxyl groups excluding tert-OH is 1. The van der Waals surface area contributed by atoms with E-state index in [-0.39, 0.29) is 18.0 Å². The molecule has 0 amide bonds. The van der Waals surface area contributed by atoms with Gasteiger partial charge in [0.25, 0.3) is 0 Å². The van der Waals surface area contributed by atoms with Gasteiger partial charge in [-0.25, -0.2) is 8.42 Å². The fourth-order valence-electron chi connectivity index (χ4n) is 1.76. The van der Waals surface area contributed by atoms with Crippen LogP contribution >= 0.6 is 0 Å². The Kier molecular flexibility index (Phi) is 5.13. The lowest BCUT2D eigenvalue weighted by atomic mass is 10.1. The smallest absolute Gasteiger partial charge is 0.243 e. The van der Waals surface area contributed by atoms with Crippen molar-refractivity contribution < 1.29 is 13.5 Å². The van der Waals surface area contributed by atoms with Gasteiger partial charge >= 0.3 is 0 Å². The van der Waals surface area contributed by atoms with Crippen molar-refractivity contribution in [3.8, 4) is 0 Å². The van der Waals surface area contributed by atoms with E-state index in [1.807, 2.05) is 6.92 Å². The van der Waals surface area contributed by atoms with Crippen molar-refractivity contribution >= 4 is 15.7 Å². The van der Waals surface area contributed by atoms with Gasteiger partial charge in [-0.1, -0.05) is 19.9 Å². The number of nitrogens with two attached hydrogens (primary N) is 1. The second-order valence-electron chi connectivity index (χ2n) is 3.93. The van der Waals surface area contributed by atoms with E-state index in [2.05, 4.69) is 0 Å². The van der Waals surface area contributed by atoms with Crippen molar-refractivity contribution in [2.75, 3.05) is 25.4 Å². The van der Waals surface area contributed by atoms with Gasteiger partial charge in [-0.2, -0.15) is 4.31 Å². The van der Waals surface area contributed by atoms with E-state index >= 15 is 0 Å². The predicted molar refractivity (Wildman–Crippen MR) is 71.8 cm³/mol. The van der Waals surface area contributed by atoms with Crippen LogP contribution in [-0.4, -0.2) is 37.5 Å². The van der Waals surface area contributed by atoms with Gasteiger partial charge < -0.3 is 10.8 Å². The van der Waals surface area contributed by atoms with Crippen LogP contribution in [0, 0.1) is 0 Å². The lowest BCUT2D eigenvalue weighted by molar-refractivity contribution is 0.257. The zero-order chi connectivity index (χ0) is 13.8. The van der Waals surface area contributed by atoms with Gasteiger partial charge in [0, 0.05) is 18.8 Å². The molecule has 0 radical (unpaired) electrons. The maximum Gasteiger partial charge on any atom is 0.243 e. The molecule has 0 atom stereocenters. The van der Waals surface area contributed by atoms with Crippen LogP contribution in [0.15, 0.2) is 23.1 Å². The third-order valence-electron chi connectivity index (χ3n) is 2.84. The van der Waals surface area contributed by atoms with Gasteiger partial charge in [-0.05, 0) is 24.1 Å². The topological polar surface area (TPSA) is 83.6 Å². The number of benzene rings is 1. The molecule has 0 fully saturated rings. The number of rotatable bonds is 6. The molecule has 102 valence electrons. The van der Waals surface area contributed by atoms with E-state index in [1.54, 1.807) is 19.1 Å². The fourth-order valence-corrected chi connectivity index (χ4v) is 3.24. The minimum absolute atomic E-state index is 0.0915. The number of aryl methyl sites for hydroxylation is 1. The van der Waals surface area contributed by atoms with Crippen LogP contribution < -0.4 is 5.73 Å². The number of aliphatic hydroxyl groups is 1. The van der Waals surface area contributed by atoms with Crippen LogP contribution in [0.2, 0.25) is 0 Å². The Labute approximate surface area is 108 Å². The Bertz CT molecular complexity index is 500. The quantitative estimate of drug-likeness (QED) is 0.751. The van der Waals surface area contributed by atoms with E-state index in [9.17, 15) is 8.42 Å². The van der Waals surface area contributed by atoms with E-state index in [4.69, 9.17) is 10.8 Å². The number of nitrogen functional groups attached to an aromatic ring is 1. The standard InChI is InChI=1S/C12H20N2O3S/c1-3-10-5-6-11(9-12(10)13)18(16,17)14(4-2)7-8-15/h5-6,9,15H,3-4,7-8,13H2,1-2H3. The first-order chi connectivity index (χ1) is 8.47. The Hall–Kier alpha value is -1.11. The van der Waals surface area contributed by atoms with Crippen molar-refractivity contribution in [2.24, 2.45) is 0 Å². The zero-order valence-electron chi connectivity index (χ0n) is 10.8. The van der Waals surface area contributed by atoms with Crippen molar-refractivity contribution in [2.45, 2.75) is 25.2 Å². The van der Waals surface area contributed by atoms with E-state index in [0.29, 0.717) is 12.2 Å². The molecular formula is C12H20N2O3S. The number of anilines is 1. The molecule has 0 aliphatic heterocycles. The van der Waals surface area contributed by atoms with Gasteiger partial charge in [0.15, 0.2) is 0 Å². The van der Waals surface area contributed by atoms with Crippen molar-refractivity contribution in [3.05, 3.63) is 23.8 Å². The maximum atomic E-state index is 12.3. The third-order valence-corrected chi connectivity index (χ3v) is 4.81. The number of sulfonamides is 1. The normalized spacial score (nSPS) is 12.0. The minimum atomic E-state index is -3.57. The van der Waals surface area contributed by atoms with E-state index in [0.717, 1.165) is 12.0 Å². The molecule has 0 spiro atoms. The highest BCUT2D eigenvalue weighted by Crippen LogP contribution is 2.21. The van der Waals surface area contributed by atoms with Crippen molar-refractivity contribution in [1.29, 1.82) is 0 Å². The van der Waals surface area contributed by atoms with Crippen molar-refractivity contribution in [1.82, 2.24) is 4.31 Å². The Morgan fingerprint density at radius 1 is 1.33 bits per heavy atom. The van der Waals surface area contributed by atoms with Gasteiger partial charge in [0.05, 0.1) is 11.5 Å². The number of likely N-dealkylation sites (N-methyl/N-ethyl adjacent to an activating group) is 1. The highest BCUT2D eigenvalue weighted by Gasteiger charge is 2.22. The zero-order valence-corrected chi connectivity index (χ0v) is 11.6.